The van der Waals surface area contributed by atoms with Crippen LogP contribution in [0.4, 0.5) is 0 Å². The van der Waals surface area contributed by atoms with Crippen molar-refractivity contribution in [1.29, 1.82) is 0 Å². The third-order valence-electron chi connectivity index (χ3n) is 3.45. The molecule has 21 heavy (non-hydrogen) atoms. The van der Waals surface area contributed by atoms with Gasteiger partial charge in [0.05, 0.1) is 12.2 Å². The molecule has 4 heteroatoms. The number of hydrogen-bond acceptors (Lipinski definition) is 3. The fraction of sp³-hybridized carbons (Fsp3) is 0.235. The van der Waals surface area contributed by atoms with Crippen LogP contribution in [0.2, 0.25) is 0 Å². The smallest absolute Gasteiger partial charge is 0.207 e. The third kappa shape index (κ3) is 2.81. The highest BCUT2D eigenvalue weighted by Gasteiger charge is 2.31. The lowest BCUT2D eigenvalue weighted by atomic mass is 10.0. The van der Waals surface area contributed by atoms with Crippen LogP contribution in [0, 0.1) is 0 Å². The van der Waals surface area contributed by atoms with Gasteiger partial charge in [-0.15, -0.1) is 0 Å². The van der Waals surface area contributed by atoms with Crippen LogP contribution in [0.25, 0.3) is 0 Å². The molecule has 2 aromatic rings. The minimum absolute atomic E-state index is 0.0454. The number of Topliss-reactive ketones (excluding diaryl/α,β-unsaturated/α-hetero) is 1. The molecular weight excluding hydrogens is 332 g/mol. The molecule has 0 aromatic heterocycles. The van der Waals surface area contributed by atoms with Gasteiger partial charge >= 0.3 is 0 Å². The Morgan fingerprint density at radius 3 is 2.90 bits per heavy atom. The van der Waals surface area contributed by atoms with Gasteiger partial charge in [-0.2, -0.15) is 0 Å². The van der Waals surface area contributed by atoms with Crippen LogP contribution >= 0.6 is 15.9 Å². The molecular formula is C17H15BrO3. The molecule has 0 radical (unpaired) electrons. The molecule has 2 aromatic carbocycles. The van der Waals surface area contributed by atoms with Crippen LogP contribution in [0.5, 0.6) is 11.5 Å². The molecule has 1 heterocycles. The van der Waals surface area contributed by atoms with Crippen molar-refractivity contribution < 1.29 is 14.3 Å². The summed E-state index contributed by atoms with van der Waals surface area (Å²) in [6.45, 7) is 2.42. The van der Waals surface area contributed by atoms with Crippen LogP contribution in [-0.2, 0) is 6.42 Å². The molecule has 0 fully saturated rings. The molecule has 1 aliphatic heterocycles. The number of carbonyl (C=O) groups is 1. The first-order valence-corrected chi connectivity index (χ1v) is 7.69. The Kier molecular flexibility index (Phi) is 3.97. The topological polar surface area (TPSA) is 35.5 Å². The monoisotopic (exact) mass is 346 g/mol. The van der Waals surface area contributed by atoms with E-state index in [9.17, 15) is 4.79 Å². The van der Waals surface area contributed by atoms with Crippen LogP contribution in [0.3, 0.4) is 0 Å². The van der Waals surface area contributed by atoms with E-state index in [1.54, 1.807) is 6.07 Å². The van der Waals surface area contributed by atoms with Crippen LogP contribution in [0.1, 0.15) is 22.8 Å². The van der Waals surface area contributed by atoms with E-state index in [4.69, 9.17) is 9.47 Å². The van der Waals surface area contributed by atoms with Gasteiger partial charge < -0.3 is 9.47 Å². The molecule has 3 nitrogen and oxygen atoms in total. The van der Waals surface area contributed by atoms with Gasteiger partial charge in [-0.25, -0.2) is 0 Å². The lowest BCUT2D eigenvalue weighted by molar-refractivity contribution is 0.0820. The highest BCUT2D eigenvalue weighted by molar-refractivity contribution is 9.10. The molecule has 108 valence electrons. The molecule has 0 bridgehead atoms. The molecule has 0 aliphatic carbocycles. The van der Waals surface area contributed by atoms with Crippen molar-refractivity contribution in [2.24, 2.45) is 0 Å². The number of rotatable bonds is 4. The van der Waals surface area contributed by atoms with E-state index >= 15 is 0 Å². The van der Waals surface area contributed by atoms with Crippen LogP contribution in [-0.4, -0.2) is 18.5 Å². The van der Waals surface area contributed by atoms with E-state index in [1.165, 1.54) is 0 Å². The maximum Gasteiger partial charge on any atom is 0.207 e. The quantitative estimate of drug-likeness (QED) is 0.784. The van der Waals surface area contributed by atoms with Crippen molar-refractivity contribution in [3.63, 3.8) is 0 Å². The Morgan fingerprint density at radius 1 is 1.33 bits per heavy atom. The van der Waals surface area contributed by atoms with E-state index in [1.807, 2.05) is 43.3 Å². The largest absolute Gasteiger partial charge is 0.493 e. The highest BCUT2D eigenvalue weighted by atomic mass is 79.9. The van der Waals surface area contributed by atoms with E-state index in [2.05, 4.69) is 15.9 Å². The molecule has 0 spiro atoms. The van der Waals surface area contributed by atoms with Crippen molar-refractivity contribution in [2.45, 2.75) is 19.4 Å². The Labute approximate surface area is 132 Å². The summed E-state index contributed by atoms with van der Waals surface area (Å²) in [6, 6.07) is 13.2. The van der Waals surface area contributed by atoms with Crippen molar-refractivity contribution >= 4 is 21.7 Å². The SMILES string of the molecule is CCOc1ccc(Br)cc1C(=O)C1Cc2ccccc2O1. The van der Waals surface area contributed by atoms with Gasteiger partial charge in [0.15, 0.2) is 6.10 Å². The Balaban J connectivity index is 1.88. The Bertz CT molecular complexity index is 656. The summed E-state index contributed by atoms with van der Waals surface area (Å²) < 4.78 is 12.2. The maximum atomic E-state index is 12.7. The number of hydrogen-bond donors (Lipinski definition) is 0. The van der Waals surface area contributed by atoms with Gasteiger partial charge in [0, 0.05) is 10.9 Å². The summed E-state index contributed by atoms with van der Waals surface area (Å²) in [4.78, 5) is 12.7. The summed E-state index contributed by atoms with van der Waals surface area (Å²) in [5, 5.41) is 0. The molecule has 1 aliphatic rings. The second-order valence-electron chi connectivity index (χ2n) is 4.86. The van der Waals surface area contributed by atoms with Crippen molar-refractivity contribution in [3.8, 4) is 11.5 Å². The summed E-state index contributed by atoms with van der Waals surface area (Å²) in [5.41, 5.74) is 1.63. The zero-order chi connectivity index (χ0) is 14.8. The lowest BCUT2D eigenvalue weighted by Crippen LogP contribution is -2.26. The zero-order valence-corrected chi connectivity index (χ0v) is 13.2. The summed E-state index contributed by atoms with van der Waals surface area (Å²) in [7, 11) is 0. The third-order valence-corrected chi connectivity index (χ3v) is 3.94. The number of ketones is 1. The minimum atomic E-state index is -0.476. The first kappa shape index (κ1) is 14.1. The maximum absolute atomic E-state index is 12.7. The molecule has 1 atom stereocenters. The average molecular weight is 347 g/mol. The normalized spacial score (nSPS) is 16.2. The van der Waals surface area contributed by atoms with E-state index < -0.39 is 6.10 Å². The molecule has 3 rings (SSSR count). The molecule has 0 N–H and O–H groups in total. The van der Waals surface area contributed by atoms with Gasteiger partial charge in [-0.1, -0.05) is 34.1 Å². The van der Waals surface area contributed by atoms with Gasteiger partial charge in [-0.3, -0.25) is 4.79 Å². The summed E-state index contributed by atoms with van der Waals surface area (Å²) in [6.07, 6.45) is 0.128. The predicted molar refractivity (Wildman–Crippen MR) is 84.2 cm³/mol. The minimum Gasteiger partial charge on any atom is -0.493 e. The Hall–Kier alpha value is -1.81. The number of para-hydroxylation sites is 1. The predicted octanol–water partition coefficient (Wildman–Crippen LogP) is 4.03. The number of ether oxygens (including phenoxy) is 2. The van der Waals surface area contributed by atoms with Crippen molar-refractivity contribution in [3.05, 3.63) is 58.1 Å². The molecule has 1 unspecified atom stereocenters. The van der Waals surface area contributed by atoms with Gasteiger partial charge in [0.1, 0.15) is 11.5 Å². The number of fused-ring (bicyclic) bond motifs is 1. The number of carbonyl (C=O) groups excluding carboxylic acids is 1. The van der Waals surface area contributed by atoms with Crippen molar-refractivity contribution in [2.75, 3.05) is 6.61 Å². The Morgan fingerprint density at radius 2 is 2.14 bits per heavy atom. The van der Waals surface area contributed by atoms with Gasteiger partial charge in [0.25, 0.3) is 0 Å². The van der Waals surface area contributed by atoms with Crippen LogP contribution < -0.4 is 9.47 Å². The second-order valence-corrected chi connectivity index (χ2v) is 5.77. The first-order valence-electron chi connectivity index (χ1n) is 6.90. The van der Waals surface area contributed by atoms with Gasteiger partial charge in [-0.05, 0) is 36.8 Å². The van der Waals surface area contributed by atoms with Gasteiger partial charge in [0.2, 0.25) is 5.78 Å². The fourth-order valence-electron chi connectivity index (χ4n) is 2.48. The van der Waals surface area contributed by atoms with Crippen molar-refractivity contribution in [1.82, 2.24) is 0 Å². The fourth-order valence-corrected chi connectivity index (χ4v) is 2.84. The second kappa shape index (κ2) is 5.90. The summed E-state index contributed by atoms with van der Waals surface area (Å²) in [5.74, 6) is 1.35. The van der Waals surface area contributed by atoms with E-state index in [0.717, 1.165) is 15.8 Å². The molecule has 0 saturated carbocycles. The average Bonchev–Trinajstić information content (AvgIpc) is 2.92. The number of benzene rings is 2. The lowest BCUT2D eigenvalue weighted by Gasteiger charge is -2.14. The first-order chi connectivity index (χ1) is 10.2. The highest BCUT2D eigenvalue weighted by Crippen LogP contribution is 2.32. The van der Waals surface area contributed by atoms with E-state index in [-0.39, 0.29) is 5.78 Å². The standard InChI is InChI=1S/C17H15BrO3/c1-2-20-15-8-7-12(18)10-13(15)17(19)16-9-11-5-3-4-6-14(11)21-16/h3-8,10,16H,2,9H2,1H3. The van der Waals surface area contributed by atoms with Crippen LogP contribution in [0.15, 0.2) is 46.9 Å². The summed E-state index contributed by atoms with van der Waals surface area (Å²) >= 11 is 3.40. The molecule has 0 amide bonds. The number of halogens is 1. The van der Waals surface area contributed by atoms with E-state index in [0.29, 0.717) is 24.3 Å². The molecule has 0 saturated heterocycles. The zero-order valence-electron chi connectivity index (χ0n) is 11.6.